The zero-order valence-electron chi connectivity index (χ0n) is 10.5. The molecule has 1 unspecified atom stereocenters. The standard InChI is InChI=1S/C14H19NO2/c1-3-17-11-6-7-12(10(2)9-11)14(16)13-5-4-8-15-13/h6-7,9,13,15H,3-5,8H2,1-2H3. The molecule has 17 heavy (non-hydrogen) atoms. The van der Waals surface area contributed by atoms with E-state index in [1.54, 1.807) is 0 Å². The van der Waals surface area contributed by atoms with Gasteiger partial charge in [-0.2, -0.15) is 0 Å². The summed E-state index contributed by atoms with van der Waals surface area (Å²) in [7, 11) is 0. The highest BCUT2D eigenvalue weighted by atomic mass is 16.5. The van der Waals surface area contributed by atoms with Gasteiger partial charge < -0.3 is 10.1 Å². The van der Waals surface area contributed by atoms with Crippen LogP contribution in [0, 0.1) is 6.92 Å². The molecule has 92 valence electrons. The lowest BCUT2D eigenvalue weighted by molar-refractivity contribution is 0.0951. The van der Waals surface area contributed by atoms with Gasteiger partial charge in [-0.1, -0.05) is 0 Å². The molecule has 2 rings (SSSR count). The molecular formula is C14H19NO2. The topological polar surface area (TPSA) is 38.3 Å². The highest BCUT2D eigenvalue weighted by molar-refractivity contribution is 6.01. The van der Waals surface area contributed by atoms with E-state index >= 15 is 0 Å². The predicted octanol–water partition coefficient (Wildman–Crippen LogP) is 2.33. The van der Waals surface area contributed by atoms with Crippen LogP contribution in [-0.2, 0) is 0 Å². The number of hydrogen-bond donors (Lipinski definition) is 1. The molecule has 0 aromatic heterocycles. The maximum absolute atomic E-state index is 12.2. The van der Waals surface area contributed by atoms with Crippen molar-refractivity contribution in [3.63, 3.8) is 0 Å². The maximum atomic E-state index is 12.2. The van der Waals surface area contributed by atoms with Crippen LogP contribution >= 0.6 is 0 Å². The molecule has 0 spiro atoms. The number of ketones is 1. The van der Waals surface area contributed by atoms with Crippen LogP contribution < -0.4 is 10.1 Å². The first-order valence-electron chi connectivity index (χ1n) is 6.23. The van der Waals surface area contributed by atoms with Crippen molar-refractivity contribution in [2.24, 2.45) is 0 Å². The monoisotopic (exact) mass is 233 g/mol. The summed E-state index contributed by atoms with van der Waals surface area (Å²) in [4.78, 5) is 12.2. The van der Waals surface area contributed by atoms with Crippen LogP contribution in [0.5, 0.6) is 5.75 Å². The van der Waals surface area contributed by atoms with Gasteiger partial charge in [-0.3, -0.25) is 4.79 Å². The minimum Gasteiger partial charge on any atom is -0.494 e. The number of nitrogens with one attached hydrogen (secondary N) is 1. The summed E-state index contributed by atoms with van der Waals surface area (Å²) in [6.45, 7) is 5.52. The largest absolute Gasteiger partial charge is 0.494 e. The van der Waals surface area contributed by atoms with Crippen molar-refractivity contribution in [3.05, 3.63) is 29.3 Å². The Labute approximate surface area is 102 Å². The van der Waals surface area contributed by atoms with Gasteiger partial charge in [-0.25, -0.2) is 0 Å². The fraction of sp³-hybridized carbons (Fsp3) is 0.500. The van der Waals surface area contributed by atoms with Gasteiger partial charge in [0.15, 0.2) is 5.78 Å². The average Bonchev–Trinajstić information content (AvgIpc) is 2.82. The molecule has 1 fully saturated rings. The van der Waals surface area contributed by atoms with Crippen molar-refractivity contribution in [1.82, 2.24) is 5.32 Å². The number of hydrogen-bond acceptors (Lipinski definition) is 3. The molecule has 1 aliphatic rings. The Balaban J connectivity index is 2.17. The van der Waals surface area contributed by atoms with Crippen molar-refractivity contribution in [1.29, 1.82) is 0 Å². The Kier molecular flexibility index (Phi) is 3.79. The third-order valence-corrected chi connectivity index (χ3v) is 3.15. The summed E-state index contributed by atoms with van der Waals surface area (Å²) in [6, 6.07) is 5.69. The molecule has 0 aliphatic carbocycles. The van der Waals surface area contributed by atoms with Crippen molar-refractivity contribution >= 4 is 5.78 Å². The molecule has 1 N–H and O–H groups in total. The lowest BCUT2D eigenvalue weighted by Gasteiger charge is -2.12. The molecular weight excluding hydrogens is 214 g/mol. The van der Waals surface area contributed by atoms with Crippen molar-refractivity contribution < 1.29 is 9.53 Å². The fourth-order valence-corrected chi connectivity index (χ4v) is 2.27. The van der Waals surface area contributed by atoms with E-state index in [2.05, 4.69) is 5.32 Å². The van der Waals surface area contributed by atoms with Gasteiger partial charge in [0.05, 0.1) is 12.6 Å². The van der Waals surface area contributed by atoms with Crippen LogP contribution in [0.4, 0.5) is 0 Å². The minimum absolute atomic E-state index is 0.00615. The van der Waals surface area contributed by atoms with E-state index in [4.69, 9.17) is 4.74 Å². The van der Waals surface area contributed by atoms with Crippen LogP contribution in [0.2, 0.25) is 0 Å². The quantitative estimate of drug-likeness (QED) is 0.811. The second kappa shape index (κ2) is 5.32. The van der Waals surface area contributed by atoms with Gasteiger partial charge in [-0.15, -0.1) is 0 Å². The highest BCUT2D eigenvalue weighted by Gasteiger charge is 2.24. The van der Waals surface area contributed by atoms with Crippen LogP contribution in [0.3, 0.4) is 0 Å². The Bertz CT molecular complexity index is 409. The summed E-state index contributed by atoms with van der Waals surface area (Å²) in [6.07, 6.45) is 2.04. The Morgan fingerprint density at radius 1 is 1.53 bits per heavy atom. The SMILES string of the molecule is CCOc1ccc(C(=O)C2CCCN2)c(C)c1. The summed E-state index contributed by atoms with van der Waals surface area (Å²) in [5, 5.41) is 3.24. The molecule has 1 aliphatic heterocycles. The van der Waals surface area contributed by atoms with E-state index in [0.29, 0.717) is 6.61 Å². The first kappa shape index (κ1) is 12.1. The van der Waals surface area contributed by atoms with Gasteiger partial charge >= 0.3 is 0 Å². The van der Waals surface area contributed by atoms with Crippen molar-refractivity contribution in [2.45, 2.75) is 32.7 Å². The highest BCUT2D eigenvalue weighted by Crippen LogP contribution is 2.20. The summed E-state index contributed by atoms with van der Waals surface area (Å²) in [5.74, 6) is 1.05. The van der Waals surface area contributed by atoms with E-state index in [9.17, 15) is 4.79 Å². The molecule has 1 atom stereocenters. The van der Waals surface area contributed by atoms with E-state index in [-0.39, 0.29) is 11.8 Å². The van der Waals surface area contributed by atoms with Crippen LogP contribution in [-0.4, -0.2) is 25.0 Å². The van der Waals surface area contributed by atoms with E-state index in [0.717, 1.165) is 36.3 Å². The maximum Gasteiger partial charge on any atom is 0.179 e. The number of benzene rings is 1. The molecule has 0 saturated carbocycles. The van der Waals surface area contributed by atoms with Crippen molar-refractivity contribution in [3.8, 4) is 5.75 Å². The smallest absolute Gasteiger partial charge is 0.179 e. The van der Waals surface area contributed by atoms with Crippen LogP contribution in [0.1, 0.15) is 35.7 Å². The lowest BCUT2D eigenvalue weighted by Crippen LogP contribution is -2.31. The Morgan fingerprint density at radius 2 is 2.35 bits per heavy atom. The Morgan fingerprint density at radius 3 is 2.94 bits per heavy atom. The Hall–Kier alpha value is -1.35. The second-order valence-corrected chi connectivity index (χ2v) is 4.42. The molecule has 1 heterocycles. The van der Waals surface area contributed by atoms with Crippen LogP contribution in [0.25, 0.3) is 0 Å². The van der Waals surface area contributed by atoms with E-state index in [1.807, 2.05) is 32.0 Å². The van der Waals surface area contributed by atoms with E-state index < -0.39 is 0 Å². The predicted molar refractivity (Wildman–Crippen MR) is 67.7 cm³/mol. The first-order chi connectivity index (χ1) is 8.22. The number of ether oxygens (including phenoxy) is 1. The molecule has 3 nitrogen and oxygen atoms in total. The molecule has 1 saturated heterocycles. The molecule has 0 bridgehead atoms. The number of Topliss-reactive ketones (excluding diaryl/α,β-unsaturated/α-hetero) is 1. The van der Waals surface area contributed by atoms with Gasteiger partial charge in [0.25, 0.3) is 0 Å². The summed E-state index contributed by atoms with van der Waals surface area (Å²) >= 11 is 0. The summed E-state index contributed by atoms with van der Waals surface area (Å²) < 4.78 is 5.42. The summed E-state index contributed by atoms with van der Waals surface area (Å²) in [5.41, 5.74) is 1.81. The zero-order valence-corrected chi connectivity index (χ0v) is 10.5. The third-order valence-electron chi connectivity index (χ3n) is 3.15. The number of carbonyl (C=O) groups is 1. The zero-order chi connectivity index (χ0) is 12.3. The van der Waals surface area contributed by atoms with Crippen LogP contribution in [0.15, 0.2) is 18.2 Å². The van der Waals surface area contributed by atoms with Gasteiger partial charge in [-0.05, 0) is 57.0 Å². The van der Waals surface area contributed by atoms with E-state index in [1.165, 1.54) is 0 Å². The number of aryl methyl sites for hydroxylation is 1. The van der Waals surface area contributed by atoms with Crippen molar-refractivity contribution in [2.75, 3.05) is 13.2 Å². The minimum atomic E-state index is 0.00615. The molecule has 1 aromatic rings. The second-order valence-electron chi connectivity index (χ2n) is 4.42. The third kappa shape index (κ3) is 2.67. The first-order valence-corrected chi connectivity index (χ1v) is 6.23. The van der Waals surface area contributed by atoms with Gasteiger partial charge in [0, 0.05) is 5.56 Å². The lowest BCUT2D eigenvalue weighted by atomic mass is 9.98. The molecule has 1 aromatic carbocycles. The average molecular weight is 233 g/mol. The van der Waals surface area contributed by atoms with Gasteiger partial charge in [0.1, 0.15) is 5.75 Å². The van der Waals surface area contributed by atoms with Gasteiger partial charge in [0.2, 0.25) is 0 Å². The number of rotatable bonds is 4. The fourth-order valence-electron chi connectivity index (χ4n) is 2.27. The molecule has 3 heteroatoms. The molecule has 0 amide bonds. The molecule has 0 radical (unpaired) electrons. The normalized spacial score (nSPS) is 19.3. The number of carbonyl (C=O) groups excluding carboxylic acids is 1.